The molecule has 132 valence electrons. The molecule has 2 aliphatic heterocycles. The molecule has 1 unspecified atom stereocenters. The Hall–Kier alpha value is -1.59. The quantitative estimate of drug-likeness (QED) is 0.898. The van der Waals surface area contributed by atoms with Crippen LogP contribution in [-0.4, -0.2) is 50.3 Å². The van der Waals surface area contributed by atoms with E-state index in [4.69, 9.17) is 9.47 Å². The van der Waals surface area contributed by atoms with Crippen LogP contribution in [0.2, 0.25) is 0 Å². The smallest absolute Gasteiger partial charge is 0.223 e. The molecule has 2 fully saturated rings. The van der Waals surface area contributed by atoms with Crippen molar-refractivity contribution >= 4 is 5.91 Å². The molecule has 2 saturated heterocycles. The van der Waals surface area contributed by atoms with Crippen LogP contribution in [0.4, 0.5) is 0 Å². The largest absolute Gasteiger partial charge is 0.497 e. The van der Waals surface area contributed by atoms with E-state index in [9.17, 15) is 4.79 Å². The van der Waals surface area contributed by atoms with Crippen LogP contribution in [0.15, 0.2) is 24.3 Å². The number of likely N-dealkylation sites (tertiary alicyclic amines) is 1. The van der Waals surface area contributed by atoms with Crippen molar-refractivity contribution in [3.63, 3.8) is 0 Å². The van der Waals surface area contributed by atoms with Crippen LogP contribution in [0.5, 0.6) is 5.75 Å². The first kappa shape index (κ1) is 17.2. The lowest BCUT2D eigenvalue weighted by Gasteiger charge is -2.32. The summed E-state index contributed by atoms with van der Waals surface area (Å²) in [6.45, 7) is 4.39. The minimum atomic E-state index is 0.152. The average molecular weight is 332 g/mol. The summed E-state index contributed by atoms with van der Waals surface area (Å²) in [5.74, 6) is 1.26. The summed E-state index contributed by atoms with van der Waals surface area (Å²) in [7, 11) is 1.68. The van der Waals surface area contributed by atoms with Crippen LogP contribution in [0.25, 0.3) is 0 Å². The lowest BCUT2D eigenvalue weighted by molar-refractivity contribution is -0.128. The Kier molecular flexibility index (Phi) is 6.10. The summed E-state index contributed by atoms with van der Waals surface area (Å²) in [6, 6.07) is 8.44. The van der Waals surface area contributed by atoms with Crippen LogP contribution in [-0.2, 0) is 16.1 Å². The second-order valence-electron chi connectivity index (χ2n) is 6.82. The Morgan fingerprint density at radius 1 is 1.25 bits per heavy atom. The first-order valence-electron chi connectivity index (χ1n) is 8.98. The van der Waals surface area contributed by atoms with Gasteiger partial charge in [0, 0.05) is 19.1 Å². The van der Waals surface area contributed by atoms with Gasteiger partial charge in [-0.2, -0.15) is 0 Å². The highest BCUT2D eigenvalue weighted by molar-refractivity contribution is 5.79. The molecule has 0 spiro atoms. The monoisotopic (exact) mass is 332 g/mol. The van der Waals surface area contributed by atoms with Crippen molar-refractivity contribution in [2.24, 2.45) is 5.92 Å². The molecule has 1 N–H and O–H groups in total. The van der Waals surface area contributed by atoms with E-state index in [1.807, 2.05) is 12.1 Å². The fraction of sp³-hybridized carbons (Fsp3) is 0.632. The van der Waals surface area contributed by atoms with Crippen molar-refractivity contribution in [2.45, 2.75) is 38.3 Å². The van der Waals surface area contributed by atoms with Gasteiger partial charge >= 0.3 is 0 Å². The van der Waals surface area contributed by atoms with Gasteiger partial charge in [0.2, 0.25) is 5.91 Å². The van der Waals surface area contributed by atoms with Gasteiger partial charge in [0.05, 0.1) is 19.8 Å². The molecule has 0 aliphatic carbocycles. The number of nitrogens with zero attached hydrogens (tertiary/aromatic N) is 1. The zero-order valence-corrected chi connectivity index (χ0v) is 14.5. The second kappa shape index (κ2) is 8.49. The maximum Gasteiger partial charge on any atom is 0.223 e. The molecule has 5 nitrogen and oxygen atoms in total. The SMILES string of the molecule is COc1ccc(CN2CCC(C(=O)NC3CCCOC3)CC2)cc1. The van der Waals surface area contributed by atoms with Gasteiger partial charge in [-0.05, 0) is 56.5 Å². The number of amides is 1. The minimum Gasteiger partial charge on any atom is -0.497 e. The summed E-state index contributed by atoms with van der Waals surface area (Å²) in [5, 5.41) is 3.17. The Labute approximate surface area is 144 Å². The van der Waals surface area contributed by atoms with Crippen molar-refractivity contribution in [3.05, 3.63) is 29.8 Å². The van der Waals surface area contributed by atoms with E-state index < -0.39 is 0 Å². The second-order valence-corrected chi connectivity index (χ2v) is 6.82. The molecular formula is C19H28N2O3. The Morgan fingerprint density at radius 2 is 2.00 bits per heavy atom. The van der Waals surface area contributed by atoms with Crippen LogP contribution in [0.1, 0.15) is 31.2 Å². The third kappa shape index (κ3) is 4.71. The molecule has 1 aromatic rings. The lowest BCUT2D eigenvalue weighted by Crippen LogP contribution is -2.46. The zero-order valence-electron chi connectivity index (χ0n) is 14.5. The fourth-order valence-corrected chi connectivity index (χ4v) is 3.52. The number of hydrogen-bond donors (Lipinski definition) is 1. The zero-order chi connectivity index (χ0) is 16.8. The predicted molar refractivity (Wildman–Crippen MR) is 93.0 cm³/mol. The van der Waals surface area contributed by atoms with Crippen LogP contribution in [0, 0.1) is 5.92 Å². The molecule has 3 rings (SSSR count). The number of carbonyl (C=O) groups is 1. The van der Waals surface area contributed by atoms with Gasteiger partial charge in [-0.25, -0.2) is 0 Å². The summed E-state index contributed by atoms with van der Waals surface area (Å²) in [4.78, 5) is 14.8. The topological polar surface area (TPSA) is 50.8 Å². The van der Waals surface area contributed by atoms with E-state index >= 15 is 0 Å². The first-order valence-corrected chi connectivity index (χ1v) is 8.98. The number of rotatable bonds is 5. The van der Waals surface area contributed by atoms with Gasteiger partial charge in [-0.3, -0.25) is 9.69 Å². The highest BCUT2D eigenvalue weighted by Gasteiger charge is 2.27. The lowest BCUT2D eigenvalue weighted by atomic mass is 9.95. The van der Waals surface area contributed by atoms with Gasteiger partial charge < -0.3 is 14.8 Å². The van der Waals surface area contributed by atoms with Crippen LogP contribution < -0.4 is 10.1 Å². The minimum absolute atomic E-state index is 0.152. The molecule has 0 bridgehead atoms. The molecular weight excluding hydrogens is 304 g/mol. The maximum absolute atomic E-state index is 12.4. The summed E-state index contributed by atoms with van der Waals surface area (Å²) in [5.41, 5.74) is 1.29. The number of nitrogens with one attached hydrogen (secondary N) is 1. The summed E-state index contributed by atoms with van der Waals surface area (Å²) < 4.78 is 10.6. The Bertz CT molecular complexity index is 518. The summed E-state index contributed by atoms with van der Waals surface area (Å²) >= 11 is 0. The highest BCUT2D eigenvalue weighted by atomic mass is 16.5. The molecule has 1 amide bonds. The third-order valence-corrected chi connectivity index (χ3v) is 5.03. The highest BCUT2D eigenvalue weighted by Crippen LogP contribution is 2.21. The molecule has 0 aromatic heterocycles. The van der Waals surface area contributed by atoms with Crippen molar-refractivity contribution in [1.29, 1.82) is 0 Å². The van der Waals surface area contributed by atoms with E-state index in [0.29, 0.717) is 6.61 Å². The van der Waals surface area contributed by atoms with Crippen molar-refractivity contribution in [1.82, 2.24) is 10.2 Å². The van der Waals surface area contributed by atoms with E-state index in [0.717, 1.165) is 57.7 Å². The van der Waals surface area contributed by atoms with Gasteiger partial charge in [0.1, 0.15) is 5.75 Å². The average Bonchev–Trinajstić information content (AvgIpc) is 2.64. The molecule has 2 aliphatic rings. The van der Waals surface area contributed by atoms with E-state index in [1.165, 1.54) is 5.56 Å². The van der Waals surface area contributed by atoms with Crippen LogP contribution in [0.3, 0.4) is 0 Å². The van der Waals surface area contributed by atoms with Crippen LogP contribution >= 0.6 is 0 Å². The standard InChI is InChI=1S/C19H28N2O3/c1-23-18-6-4-15(5-7-18)13-21-10-8-16(9-11-21)19(22)20-17-3-2-12-24-14-17/h4-7,16-17H,2-3,8-14H2,1H3,(H,20,22). The number of ether oxygens (including phenoxy) is 2. The molecule has 0 radical (unpaired) electrons. The predicted octanol–water partition coefficient (Wildman–Crippen LogP) is 2.20. The Morgan fingerprint density at radius 3 is 2.62 bits per heavy atom. The van der Waals surface area contributed by atoms with Gasteiger partial charge in [-0.15, -0.1) is 0 Å². The molecule has 0 saturated carbocycles. The molecule has 24 heavy (non-hydrogen) atoms. The van der Waals surface area contributed by atoms with Crippen molar-refractivity contribution in [2.75, 3.05) is 33.4 Å². The van der Waals surface area contributed by atoms with E-state index in [2.05, 4.69) is 22.3 Å². The van der Waals surface area contributed by atoms with Crippen molar-refractivity contribution in [3.8, 4) is 5.75 Å². The van der Waals surface area contributed by atoms with Gasteiger partial charge in [0.15, 0.2) is 0 Å². The van der Waals surface area contributed by atoms with E-state index in [-0.39, 0.29) is 17.9 Å². The number of carbonyl (C=O) groups excluding carboxylic acids is 1. The summed E-state index contributed by atoms with van der Waals surface area (Å²) in [6.07, 6.45) is 3.97. The molecule has 1 aromatic carbocycles. The first-order chi connectivity index (χ1) is 11.7. The molecule has 2 heterocycles. The number of piperidine rings is 1. The number of methoxy groups -OCH3 is 1. The molecule has 5 heteroatoms. The normalized spacial score (nSPS) is 23.0. The Balaban J connectivity index is 1.42. The number of benzene rings is 1. The maximum atomic E-state index is 12.4. The van der Waals surface area contributed by atoms with Crippen molar-refractivity contribution < 1.29 is 14.3 Å². The molecule has 1 atom stereocenters. The van der Waals surface area contributed by atoms with Gasteiger partial charge in [0.25, 0.3) is 0 Å². The fourth-order valence-electron chi connectivity index (χ4n) is 3.52. The number of hydrogen-bond acceptors (Lipinski definition) is 4. The third-order valence-electron chi connectivity index (χ3n) is 5.03. The van der Waals surface area contributed by atoms with E-state index in [1.54, 1.807) is 7.11 Å². The van der Waals surface area contributed by atoms with Gasteiger partial charge in [-0.1, -0.05) is 12.1 Å².